The molecule has 0 N–H and O–H groups in total. The lowest BCUT2D eigenvalue weighted by molar-refractivity contribution is 0.0649. The number of amides is 1. The fourth-order valence-corrected chi connectivity index (χ4v) is 4.77. The van der Waals surface area contributed by atoms with E-state index >= 15 is 0 Å². The smallest absolute Gasteiger partial charge is 0.409 e. The quantitative estimate of drug-likeness (QED) is 0.776. The van der Waals surface area contributed by atoms with Gasteiger partial charge in [-0.25, -0.2) is 4.79 Å². The van der Waals surface area contributed by atoms with E-state index in [1.54, 1.807) is 4.90 Å². The van der Waals surface area contributed by atoms with Crippen molar-refractivity contribution in [1.82, 2.24) is 19.7 Å². The number of ether oxygens (including phenoxy) is 2. The molecule has 0 atom stereocenters. The number of carbonyl (C=O) groups is 1. The molecule has 0 bridgehead atoms. The molecule has 0 aromatic carbocycles. The summed E-state index contributed by atoms with van der Waals surface area (Å²) >= 11 is 0. The molecular formula is C21H27N5O3. The van der Waals surface area contributed by atoms with E-state index in [1.165, 1.54) is 12.8 Å². The number of nitrogens with zero attached hydrogens (tertiary/aromatic N) is 5. The van der Waals surface area contributed by atoms with Crippen LogP contribution in [-0.4, -0.2) is 59.2 Å². The summed E-state index contributed by atoms with van der Waals surface area (Å²) < 4.78 is 12.8. The summed E-state index contributed by atoms with van der Waals surface area (Å²) in [5.74, 6) is 0.967. The molecule has 8 heteroatoms. The molecular weight excluding hydrogens is 370 g/mol. The van der Waals surface area contributed by atoms with Crippen LogP contribution in [0.5, 0.6) is 0 Å². The third-order valence-electron chi connectivity index (χ3n) is 6.24. The van der Waals surface area contributed by atoms with Gasteiger partial charge in [-0.15, -0.1) is 0 Å². The Morgan fingerprint density at radius 1 is 1.24 bits per heavy atom. The molecule has 0 aliphatic carbocycles. The minimum Gasteiger partial charge on any atom is -0.453 e. The number of pyridine rings is 1. The third-order valence-corrected chi connectivity index (χ3v) is 6.24. The summed E-state index contributed by atoms with van der Waals surface area (Å²) in [6, 6.07) is 4.47. The van der Waals surface area contributed by atoms with Crippen LogP contribution >= 0.6 is 0 Å². The van der Waals surface area contributed by atoms with E-state index in [0.29, 0.717) is 19.1 Å². The van der Waals surface area contributed by atoms with Gasteiger partial charge in [-0.2, -0.15) is 5.10 Å². The van der Waals surface area contributed by atoms with Crippen LogP contribution in [0.4, 0.5) is 16.3 Å². The molecule has 5 rings (SSSR count). The number of anilines is 2. The van der Waals surface area contributed by atoms with Gasteiger partial charge in [-0.05, 0) is 37.8 Å². The number of hydrogen-bond acceptors (Lipinski definition) is 6. The van der Waals surface area contributed by atoms with Crippen LogP contribution in [0.25, 0.3) is 0 Å². The number of carbonyl (C=O) groups excluding carboxylic acids is 1. The predicted molar refractivity (Wildman–Crippen MR) is 107 cm³/mol. The summed E-state index contributed by atoms with van der Waals surface area (Å²) in [6.07, 6.45) is 6.37. The second-order valence-electron chi connectivity index (χ2n) is 7.90. The molecule has 154 valence electrons. The number of aromatic nitrogens is 3. The van der Waals surface area contributed by atoms with Crippen LogP contribution in [0, 0.1) is 0 Å². The van der Waals surface area contributed by atoms with Crippen LogP contribution in [0.15, 0.2) is 18.3 Å². The molecule has 1 saturated heterocycles. The average Bonchev–Trinajstić information content (AvgIpc) is 3.17. The molecule has 0 unspecified atom stereocenters. The standard InChI is InChI=1S/C21H27N5O3/c1-28-21(27)24-11-6-18-16(14-24)20(23-26(18)15-7-12-29-13-8-15)25-10-3-4-17-19(25)5-2-9-22-17/h2,5,9,15H,3-4,6-8,10-14H2,1H3. The highest BCUT2D eigenvalue weighted by atomic mass is 16.5. The summed E-state index contributed by atoms with van der Waals surface area (Å²) in [4.78, 5) is 20.9. The SMILES string of the molecule is COC(=O)N1CCc2c(c(N3CCCc4ncccc43)nn2C2CCOCC2)C1. The van der Waals surface area contributed by atoms with Gasteiger partial charge in [-0.3, -0.25) is 9.67 Å². The van der Waals surface area contributed by atoms with Crippen molar-refractivity contribution < 1.29 is 14.3 Å². The molecule has 3 aliphatic rings. The summed E-state index contributed by atoms with van der Waals surface area (Å²) in [6.45, 7) is 3.66. The maximum absolute atomic E-state index is 12.2. The van der Waals surface area contributed by atoms with Crippen molar-refractivity contribution >= 4 is 17.6 Å². The van der Waals surface area contributed by atoms with Gasteiger partial charge in [0.25, 0.3) is 0 Å². The predicted octanol–water partition coefficient (Wildman–Crippen LogP) is 2.84. The maximum atomic E-state index is 12.2. The third kappa shape index (κ3) is 3.25. The molecule has 0 spiro atoms. The number of rotatable bonds is 2. The van der Waals surface area contributed by atoms with Crippen molar-refractivity contribution in [2.24, 2.45) is 0 Å². The highest BCUT2D eigenvalue weighted by molar-refractivity contribution is 5.71. The Balaban J connectivity index is 1.58. The molecule has 0 radical (unpaired) electrons. The fraction of sp³-hybridized carbons (Fsp3) is 0.571. The Bertz CT molecular complexity index is 906. The Morgan fingerprint density at radius 3 is 2.93 bits per heavy atom. The lowest BCUT2D eigenvalue weighted by Gasteiger charge is -2.31. The molecule has 1 amide bonds. The Labute approximate surface area is 170 Å². The van der Waals surface area contributed by atoms with E-state index < -0.39 is 0 Å². The zero-order chi connectivity index (χ0) is 19.8. The van der Waals surface area contributed by atoms with Gasteiger partial charge in [0.1, 0.15) is 0 Å². The molecule has 29 heavy (non-hydrogen) atoms. The minimum absolute atomic E-state index is 0.277. The molecule has 3 aliphatic heterocycles. The molecule has 2 aromatic heterocycles. The average molecular weight is 397 g/mol. The van der Waals surface area contributed by atoms with E-state index in [2.05, 4.69) is 20.6 Å². The van der Waals surface area contributed by atoms with Gasteiger partial charge in [0.15, 0.2) is 5.82 Å². The van der Waals surface area contributed by atoms with Gasteiger partial charge >= 0.3 is 6.09 Å². The number of hydrogen-bond donors (Lipinski definition) is 0. The Morgan fingerprint density at radius 2 is 2.10 bits per heavy atom. The Hall–Kier alpha value is -2.61. The van der Waals surface area contributed by atoms with E-state index in [0.717, 1.165) is 74.6 Å². The molecule has 2 aromatic rings. The number of fused-ring (bicyclic) bond motifs is 2. The normalized spacial score (nSPS) is 19.6. The number of aryl methyl sites for hydroxylation is 1. The lowest BCUT2D eigenvalue weighted by Crippen LogP contribution is -2.37. The monoisotopic (exact) mass is 397 g/mol. The van der Waals surface area contributed by atoms with Crippen LogP contribution in [0.1, 0.15) is 42.3 Å². The van der Waals surface area contributed by atoms with Crippen LogP contribution in [-0.2, 0) is 28.9 Å². The molecule has 8 nitrogen and oxygen atoms in total. The van der Waals surface area contributed by atoms with E-state index in [9.17, 15) is 4.79 Å². The Kier molecular flexibility index (Phi) is 4.87. The van der Waals surface area contributed by atoms with Gasteiger partial charge in [0.2, 0.25) is 0 Å². The zero-order valence-corrected chi connectivity index (χ0v) is 16.8. The fourth-order valence-electron chi connectivity index (χ4n) is 4.77. The largest absolute Gasteiger partial charge is 0.453 e. The topological polar surface area (TPSA) is 72.7 Å². The minimum atomic E-state index is -0.277. The van der Waals surface area contributed by atoms with Gasteiger partial charge in [0.05, 0.1) is 31.1 Å². The summed E-state index contributed by atoms with van der Waals surface area (Å²) in [5, 5.41) is 5.14. The zero-order valence-electron chi connectivity index (χ0n) is 16.8. The van der Waals surface area contributed by atoms with Crippen molar-refractivity contribution in [2.45, 2.75) is 44.7 Å². The molecule has 1 fully saturated rings. The first-order valence-electron chi connectivity index (χ1n) is 10.5. The van der Waals surface area contributed by atoms with E-state index in [4.69, 9.17) is 14.6 Å². The second kappa shape index (κ2) is 7.67. The maximum Gasteiger partial charge on any atom is 0.409 e. The first kappa shape index (κ1) is 18.4. The molecule has 5 heterocycles. The lowest BCUT2D eigenvalue weighted by atomic mass is 10.0. The van der Waals surface area contributed by atoms with Gasteiger partial charge in [0, 0.05) is 50.2 Å². The van der Waals surface area contributed by atoms with Crippen molar-refractivity contribution in [1.29, 1.82) is 0 Å². The second-order valence-corrected chi connectivity index (χ2v) is 7.90. The van der Waals surface area contributed by atoms with E-state index in [-0.39, 0.29) is 6.09 Å². The van der Waals surface area contributed by atoms with Crippen molar-refractivity contribution in [2.75, 3.05) is 38.3 Å². The highest BCUT2D eigenvalue weighted by Gasteiger charge is 2.34. The highest BCUT2D eigenvalue weighted by Crippen LogP contribution is 2.38. The van der Waals surface area contributed by atoms with Crippen molar-refractivity contribution in [3.8, 4) is 0 Å². The van der Waals surface area contributed by atoms with Crippen molar-refractivity contribution in [3.05, 3.63) is 35.3 Å². The first-order chi connectivity index (χ1) is 14.3. The van der Waals surface area contributed by atoms with Crippen LogP contribution in [0.3, 0.4) is 0 Å². The van der Waals surface area contributed by atoms with Gasteiger partial charge in [-0.1, -0.05) is 0 Å². The first-order valence-corrected chi connectivity index (χ1v) is 10.5. The van der Waals surface area contributed by atoms with Crippen LogP contribution < -0.4 is 4.90 Å². The van der Waals surface area contributed by atoms with Crippen molar-refractivity contribution in [3.63, 3.8) is 0 Å². The van der Waals surface area contributed by atoms with Gasteiger partial charge < -0.3 is 19.3 Å². The number of methoxy groups -OCH3 is 1. The molecule has 0 saturated carbocycles. The summed E-state index contributed by atoms with van der Waals surface area (Å²) in [5.41, 5.74) is 4.65. The summed E-state index contributed by atoms with van der Waals surface area (Å²) in [7, 11) is 1.44. The van der Waals surface area contributed by atoms with E-state index in [1.807, 2.05) is 12.3 Å². The van der Waals surface area contributed by atoms with Crippen LogP contribution in [0.2, 0.25) is 0 Å².